The molecule has 0 N–H and O–H groups in total. The Labute approximate surface area is 208 Å². The van der Waals surface area contributed by atoms with Gasteiger partial charge in [0, 0.05) is 21.2 Å². The molecule has 4 aromatic rings. The zero-order valence-corrected chi connectivity index (χ0v) is 20.9. The molecular weight excluding hydrogens is 471 g/mol. The number of aryl methyl sites for hydroxylation is 2. The highest BCUT2D eigenvalue weighted by molar-refractivity contribution is 6.31. The largest absolute Gasteiger partial charge is 0.496 e. The summed E-state index contributed by atoms with van der Waals surface area (Å²) in [7, 11) is 1.57. The second-order valence-electron chi connectivity index (χ2n) is 7.83. The highest BCUT2D eigenvalue weighted by Gasteiger charge is 2.29. The molecule has 4 rings (SSSR count). The minimum atomic E-state index is -0.536. The van der Waals surface area contributed by atoms with Gasteiger partial charge < -0.3 is 9.47 Å². The molecule has 0 saturated heterocycles. The summed E-state index contributed by atoms with van der Waals surface area (Å²) in [4.78, 5) is 18.0. The van der Waals surface area contributed by atoms with Crippen molar-refractivity contribution in [1.29, 1.82) is 0 Å². The average molecular weight is 495 g/mol. The van der Waals surface area contributed by atoms with Gasteiger partial charge in [0.1, 0.15) is 11.6 Å². The summed E-state index contributed by atoms with van der Waals surface area (Å²) >= 11 is 12.8. The van der Waals surface area contributed by atoms with E-state index in [-0.39, 0.29) is 12.3 Å². The lowest BCUT2D eigenvalue weighted by Crippen LogP contribution is -2.09. The standard InChI is InChI=1S/C27H24Cl2N2O3/c1-5-34-27(32)24-25(21-14-19(28)12-13-23(21)33-4)31(22-15-20(29)11-8-17(22)3)26(30-24)18-9-6-16(2)7-10-18/h6-15H,5H2,1-4H3. The minimum absolute atomic E-state index is 0.164. The van der Waals surface area contributed by atoms with Crippen LogP contribution in [0.5, 0.6) is 5.75 Å². The summed E-state index contributed by atoms with van der Waals surface area (Å²) in [5, 5.41) is 1.06. The first kappa shape index (κ1) is 23.9. The average Bonchev–Trinajstić information content (AvgIpc) is 3.21. The van der Waals surface area contributed by atoms with Crippen molar-refractivity contribution >= 4 is 29.2 Å². The number of carbonyl (C=O) groups excluding carboxylic acids is 1. The highest BCUT2D eigenvalue weighted by Crippen LogP contribution is 2.40. The van der Waals surface area contributed by atoms with E-state index in [1.165, 1.54) is 0 Å². The summed E-state index contributed by atoms with van der Waals surface area (Å²) in [6.07, 6.45) is 0. The highest BCUT2D eigenvalue weighted by atomic mass is 35.5. The number of aromatic nitrogens is 2. The van der Waals surface area contributed by atoms with Gasteiger partial charge in [0.15, 0.2) is 5.69 Å². The van der Waals surface area contributed by atoms with E-state index in [9.17, 15) is 4.79 Å². The predicted molar refractivity (Wildman–Crippen MR) is 136 cm³/mol. The number of ether oxygens (including phenoxy) is 2. The first-order valence-corrected chi connectivity index (χ1v) is 11.6. The van der Waals surface area contributed by atoms with Crippen LogP contribution in [-0.2, 0) is 4.74 Å². The Kier molecular flexibility index (Phi) is 6.96. The molecule has 0 unspecified atom stereocenters. The molecule has 7 heteroatoms. The van der Waals surface area contributed by atoms with Crippen molar-refractivity contribution in [3.8, 4) is 34.1 Å². The first-order valence-electron chi connectivity index (χ1n) is 10.8. The Morgan fingerprint density at radius 3 is 2.32 bits per heavy atom. The lowest BCUT2D eigenvalue weighted by Gasteiger charge is -2.17. The van der Waals surface area contributed by atoms with E-state index in [1.807, 2.05) is 60.9 Å². The van der Waals surface area contributed by atoms with Crippen molar-refractivity contribution in [1.82, 2.24) is 9.55 Å². The number of methoxy groups -OCH3 is 1. The van der Waals surface area contributed by atoms with Crippen molar-refractivity contribution < 1.29 is 14.3 Å². The monoisotopic (exact) mass is 494 g/mol. The van der Waals surface area contributed by atoms with Crippen LogP contribution in [0.15, 0.2) is 60.7 Å². The number of nitrogens with zero attached hydrogens (tertiary/aromatic N) is 2. The zero-order valence-electron chi connectivity index (χ0n) is 19.4. The third kappa shape index (κ3) is 4.54. The minimum Gasteiger partial charge on any atom is -0.496 e. The normalized spacial score (nSPS) is 10.9. The van der Waals surface area contributed by atoms with Crippen LogP contribution >= 0.6 is 23.2 Å². The van der Waals surface area contributed by atoms with Gasteiger partial charge in [0.25, 0.3) is 0 Å². The van der Waals surface area contributed by atoms with Crippen molar-refractivity contribution in [2.75, 3.05) is 13.7 Å². The van der Waals surface area contributed by atoms with Crippen molar-refractivity contribution in [2.45, 2.75) is 20.8 Å². The van der Waals surface area contributed by atoms with Gasteiger partial charge >= 0.3 is 5.97 Å². The maximum Gasteiger partial charge on any atom is 0.359 e. The van der Waals surface area contributed by atoms with E-state index in [1.54, 1.807) is 32.2 Å². The quantitative estimate of drug-likeness (QED) is 0.263. The Hall–Kier alpha value is -3.28. The van der Waals surface area contributed by atoms with Gasteiger partial charge in [-0.3, -0.25) is 4.57 Å². The summed E-state index contributed by atoms with van der Waals surface area (Å²) in [6.45, 7) is 5.97. The molecule has 0 atom stereocenters. The third-order valence-corrected chi connectivity index (χ3v) is 5.95. The molecule has 0 aliphatic heterocycles. The number of esters is 1. The van der Waals surface area contributed by atoms with Crippen LogP contribution in [0.1, 0.15) is 28.5 Å². The van der Waals surface area contributed by atoms with Crippen LogP contribution in [0.4, 0.5) is 0 Å². The van der Waals surface area contributed by atoms with E-state index in [0.29, 0.717) is 32.9 Å². The van der Waals surface area contributed by atoms with E-state index >= 15 is 0 Å². The smallest absolute Gasteiger partial charge is 0.359 e. The summed E-state index contributed by atoms with van der Waals surface area (Å²) < 4.78 is 13.0. The molecule has 1 heterocycles. The third-order valence-electron chi connectivity index (χ3n) is 5.48. The summed E-state index contributed by atoms with van der Waals surface area (Å²) in [5.74, 6) is 0.586. The van der Waals surface area contributed by atoms with Gasteiger partial charge in [-0.1, -0.05) is 59.1 Å². The first-order chi connectivity index (χ1) is 16.3. The number of hydrogen-bond donors (Lipinski definition) is 0. The number of halogens is 2. The fourth-order valence-corrected chi connectivity index (χ4v) is 4.17. The number of imidazole rings is 1. The zero-order chi connectivity index (χ0) is 24.4. The van der Waals surface area contributed by atoms with E-state index in [0.717, 1.165) is 22.4 Å². The summed E-state index contributed by atoms with van der Waals surface area (Å²) in [5.41, 5.74) is 4.97. The van der Waals surface area contributed by atoms with Crippen molar-refractivity contribution in [3.63, 3.8) is 0 Å². The van der Waals surface area contributed by atoms with Crippen LogP contribution in [-0.4, -0.2) is 29.2 Å². The molecular formula is C27H24Cl2N2O3. The molecule has 3 aromatic carbocycles. The van der Waals surface area contributed by atoms with Crippen LogP contribution in [0, 0.1) is 13.8 Å². The Bertz CT molecular complexity index is 1360. The molecule has 1 aromatic heterocycles. The van der Waals surface area contributed by atoms with Crippen LogP contribution in [0.25, 0.3) is 28.3 Å². The molecule has 0 amide bonds. The second kappa shape index (κ2) is 9.92. The summed E-state index contributed by atoms with van der Waals surface area (Å²) in [6, 6.07) is 18.8. The topological polar surface area (TPSA) is 53.3 Å². The second-order valence-corrected chi connectivity index (χ2v) is 8.70. The molecule has 34 heavy (non-hydrogen) atoms. The predicted octanol–water partition coefficient (Wildman–Crippen LogP) is 7.32. The number of carbonyl (C=O) groups is 1. The fraction of sp³-hybridized carbons (Fsp3) is 0.185. The fourth-order valence-electron chi connectivity index (χ4n) is 3.83. The molecule has 0 saturated carbocycles. The Morgan fingerprint density at radius 2 is 1.65 bits per heavy atom. The lowest BCUT2D eigenvalue weighted by atomic mass is 10.1. The molecule has 0 bridgehead atoms. The Morgan fingerprint density at radius 1 is 0.971 bits per heavy atom. The molecule has 174 valence electrons. The van der Waals surface area contributed by atoms with Crippen LogP contribution in [0.2, 0.25) is 10.0 Å². The number of rotatable bonds is 6. The maximum atomic E-state index is 13.2. The van der Waals surface area contributed by atoms with Crippen molar-refractivity contribution in [3.05, 3.63) is 87.5 Å². The molecule has 0 spiro atoms. The van der Waals surface area contributed by atoms with Crippen LogP contribution in [0.3, 0.4) is 0 Å². The number of hydrogen-bond acceptors (Lipinski definition) is 4. The van der Waals surface area contributed by atoms with Gasteiger partial charge in [0.05, 0.1) is 25.1 Å². The lowest BCUT2D eigenvalue weighted by molar-refractivity contribution is 0.0521. The molecule has 5 nitrogen and oxygen atoms in total. The van der Waals surface area contributed by atoms with Gasteiger partial charge in [0.2, 0.25) is 0 Å². The van der Waals surface area contributed by atoms with Gasteiger partial charge in [-0.25, -0.2) is 9.78 Å². The van der Waals surface area contributed by atoms with Crippen molar-refractivity contribution in [2.24, 2.45) is 0 Å². The number of benzene rings is 3. The Balaban J connectivity index is 2.17. The molecule has 0 aliphatic carbocycles. The van der Waals surface area contributed by atoms with Gasteiger partial charge in [-0.15, -0.1) is 0 Å². The molecule has 0 aliphatic rings. The SMILES string of the molecule is CCOC(=O)c1nc(-c2ccc(C)cc2)n(-c2cc(Cl)ccc2C)c1-c1cc(Cl)ccc1OC. The molecule has 0 fully saturated rings. The van der Waals surface area contributed by atoms with Crippen LogP contribution < -0.4 is 4.74 Å². The van der Waals surface area contributed by atoms with Gasteiger partial charge in [-0.05, 0) is 56.7 Å². The van der Waals surface area contributed by atoms with E-state index < -0.39 is 5.97 Å². The maximum absolute atomic E-state index is 13.2. The van der Waals surface area contributed by atoms with E-state index in [2.05, 4.69) is 0 Å². The molecule has 0 radical (unpaired) electrons. The van der Waals surface area contributed by atoms with Gasteiger partial charge in [-0.2, -0.15) is 0 Å². The van der Waals surface area contributed by atoms with E-state index in [4.69, 9.17) is 37.7 Å².